The fourth-order valence-electron chi connectivity index (χ4n) is 2.84. The zero-order chi connectivity index (χ0) is 21.6. The van der Waals surface area contributed by atoms with Crippen LogP contribution in [0.15, 0.2) is 76.9 Å². The maximum Gasteiger partial charge on any atom is 0.374 e. The molecule has 2 aromatic heterocycles. The molecule has 0 atom stereocenters. The summed E-state index contributed by atoms with van der Waals surface area (Å²) in [5.74, 6) is 0.0640. The molecule has 8 heteroatoms. The summed E-state index contributed by atoms with van der Waals surface area (Å²) in [7, 11) is 0. The number of para-hydroxylation sites is 3. The van der Waals surface area contributed by atoms with Crippen LogP contribution in [0.25, 0.3) is 16.6 Å². The predicted molar refractivity (Wildman–Crippen MR) is 111 cm³/mol. The van der Waals surface area contributed by atoms with Crippen LogP contribution in [0.5, 0.6) is 5.75 Å². The number of furan rings is 1. The second-order valence-electron chi connectivity index (χ2n) is 6.48. The normalized spacial score (nSPS) is 11.6. The van der Waals surface area contributed by atoms with Gasteiger partial charge in [-0.1, -0.05) is 30.3 Å². The second-order valence-corrected chi connectivity index (χ2v) is 6.48. The third kappa shape index (κ3) is 4.57. The number of nitrogens with one attached hydrogen (secondary N) is 1. The molecule has 31 heavy (non-hydrogen) atoms. The van der Waals surface area contributed by atoms with Gasteiger partial charge >= 0.3 is 5.97 Å². The second kappa shape index (κ2) is 8.88. The van der Waals surface area contributed by atoms with Gasteiger partial charge in [-0.25, -0.2) is 9.78 Å². The number of carbonyl (C=O) groups excluding carboxylic acids is 1. The van der Waals surface area contributed by atoms with Gasteiger partial charge in [0.2, 0.25) is 5.76 Å². The molecule has 0 unspecified atom stereocenters. The van der Waals surface area contributed by atoms with Crippen LogP contribution >= 0.6 is 0 Å². The summed E-state index contributed by atoms with van der Waals surface area (Å²) in [6, 6.07) is 21.3. The molecule has 2 aromatic carbocycles. The summed E-state index contributed by atoms with van der Waals surface area (Å²) >= 11 is 0. The van der Waals surface area contributed by atoms with Crippen LogP contribution in [0.3, 0.4) is 0 Å². The number of allylic oxidation sites excluding steroid dienone is 1. The minimum absolute atomic E-state index is 0.0401. The van der Waals surface area contributed by atoms with Crippen molar-refractivity contribution >= 4 is 22.6 Å². The van der Waals surface area contributed by atoms with E-state index in [-0.39, 0.29) is 23.8 Å². The number of ether oxygens (including phenoxy) is 2. The zero-order valence-corrected chi connectivity index (χ0v) is 16.2. The zero-order valence-electron chi connectivity index (χ0n) is 16.2. The van der Waals surface area contributed by atoms with Crippen molar-refractivity contribution < 1.29 is 23.8 Å². The van der Waals surface area contributed by atoms with Crippen molar-refractivity contribution in [2.45, 2.75) is 6.61 Å². The van der Waals surface area contributed by atoms with Crippen LogP contribution in [0.1, 0.15) is 22.1 Å². The number of rotatable bonds is 7. The average Bonchev–Trinajstić information content (AvgIpc) is 3.44. The van der Waals surface area contributed by atoms with Crippen molar-refractivity contribution in [3.05, 3.63) is 89.8 Å². The van der Waals surface area contributed by atoms with E-state index in [0.717, 1.165) is 5.52 Å². The number of imidazole rings is 1. The number of hydrogen-bond acceptors (Lipinski definition) is 7. The highest BCUT2D eigenvalue weighted by Crippen LogP contribution is 2.19. The molecule has 0 saturated carbocycles. The summed E-state index contributed by atoms with van der Waals surface area (Å²) in [4.78, 5) is 19.5. The Morgan fingerprint density at radius 1 is 1.10 bits per heavy atom. The van der Waals surface area contributed by atoms with Gasteiger partial charge in [0.25, 0.3) is 0 Å². The lowest BCUT2D eigenvalue weighted by atomic mass is 10.2. The fourth-order valence-corrected chi connectivity index (χ4v) is 2.84. The molecule has 2 N–H and O–H groups in total. The highest BCUT2D eigenvalue weighted by molar-refractivity contribution is 5.87. The largest absolute Gasteiger partial charge is 0.507 e. The van der Waals surface area contributed by atoms with E-state index >= 15 is 0 Å². The molecule has 0 bridgehead atoms. The molecule has 4 rings (SSSR count). The van der Waals surface area contributed by atoms with Crippen molar-refractivity contribution in [2.24, 2.45) is 0 Å². The third-order valence-electron chi connectivity index (χ3n) is 4.35. The molecule has 0 fully saturated rings. The number of nitrogens with zero attached hydrogens (tertiary/aromatic N) is 2. The molecular formula is C23H17N3O5. The van der Waals surface area contributed by atoms with Gasteiger partial charge in [-0.05, 0) is 36.4 Å². The monoisotopic (exact) mass is 415 g/mol. The molecule has 0 aliphatic carbocycles. The molecule has 8 nitrogen and oxygen atoms in total. The number of fused-ring (bicyclic) bond motifs is 1. The van der Waals surface area contributed by atoms with Gasteiger partial charge in [0, 0.05) is 0 Å². The van der Waals surface area contributed by atoms with Gasteiger partial charge in [0.05, 0.1) is 11.0 Å². The molecule has 0 spiro atoms. The molecule has 0 saturated heterocycles. The molecule has 154 valence electrons. The Morgan fingerprint density at radius 2 is 1.87 bits per heavy atom. The van der Waals surface area contributed by atoms with E-state index < -0.39 is 18.3 Å². The maximum absolute atomic E-state index is 12.2. The Hall–Kier alpha value is -4.51. The summed E-state index contributed by atoms with van der Waals surface area (Å²) in [5, 5.41) is 19.7. The molecule has 0 aliphatic heterocycles. The highest BCUT2D eigenvalue weighted by atomic mass is 16.6. The van der Waals surface area contributed by atoms with Crippen molar-refractivity contribution in [3.63, 3.8) is 0 Å². The molecule has 2 heterocycles. The molecule has 0 amide bonds. The fraction of sp³-hybridized carbons (Fsp3) is 0.0870. The Balaban J connectivity index is 1.39. The van der Waals surface area contributed by atoms with E-state index in [1.807, 2.05) is 48.5 Å². The van der Waals surface area contributed by atoms with Crippen LogP contribution in [-0.2, 0) is 11.3 Å². The smallest absolute Gasteiger partial charge is 0.374 e. The van der Waals surface area contributed by atoms with Gasteiger partial charge in [-0.15, -0.1) is 0 Å². The van der Waals surface area contributed by atoms with Crippen molar-refractivity contribution in [2.75, 3.05) is 6.61 Å². The molecule has 0 radical (unpaired) electrons. The summed E-state index contributed by atoms with van der Waals surface area (Å²) < 4.78 is 16.1. The molecular weight excluding hydrogens is 398 g/mol. The summed E-state index contributed by atoms with van der Waals surface area (Å²) in [5.41, 5.74) is 1.26. The Bertz CT molecular complexity index is 1250. The topological polar surface area (TPSA) is 121 Å². The summed E-state index contributed by atoms with van der Waals surface area (Å²) in [6.45, 7) is -0.359. The number of hydrogen-bond donors (Lipinski definition) is 2. The number of aliphatic hydroxyl groups is 1. The van der Waals surface area contributed by atoms with E-state index in [0.29, 0.717) is 17.0 Å². The number of aromatic nitrogens is 2. The van der Waals surface area contributed by atoms with Crippen molar-refractivity contribution in [1.29, 1.82) is 5.26 Å². The van der Waals surface area contributed by atoms with Crippen LogP contribution in [0.2, 0.25) is 0 Å². The summed E-state index contributed by atoms with van der Waals surface area (Å²) in [6.07, 6.45) is 0. The Kier molecular flexibility index (Phi) is 5.67. The van der Waals surface area contributed by atoms with Crippen LogP contribution in [0.4, 0.5) is 0 Å². The van der Waals surface area contributed by atoms with Crippen LogP contribution < -0.4 is 4.74 Å². The minimum atomic E-state index is -0.778. The lowest BCUT2D eigenvalue weighted by molar-refractivity contribution is 0.0463. The minimum Gasteiger partial charge on any atom is -0.507 e. The number of esters is 1. The van der Waals surface area contributed by atoms with Gasteiger partial charge in [-0.3, -0.25) is 0 Å². The van der Waals surface area contributed by atoms with Gasteiger partial charge in [0.1, 0.15) is 29.8 Å². The number of benzene rings is 2. The third-order valence-corrected chi connectivity index (χ3v) is 4.35. The van der Waals surface area contributed by atoms with Gasteiger partial charge in [0.15, 0.2) is 18.2 Å². The number of aliphatic hydroxyl groups excluding tert-OH is 1. The predicted octanol–water partition coefficient (Wildman–Crippen LogP) is 4.38. The van der Waals surface area contributed by atoms with E-state index in [1.54, 1.807) is 18.2 Å². The van der Waals surface area contributed by atoms with Crippen LogP contribution in [0, 0.1) is 11.3 Å². The highest BCUT2D eigenvalue weighted by Gasteiger charge is 2.17. The standard InChI is InChI=1S/C23H17N3O5/c24-12-17(22-25-18-8-4-5-9-19(18)26-22)20(27)14-30-23(28)21-11-10-16(31-21)13-29-15-6-2-1-3-7-15/h1-11,27H,13-14H2,(H,25,26)/b20-17-. The quantitative estimate of drug-likeness (QED) is 0.261. The maximum atomic E-state index is 12.2. The van der Waals surface area contributed by atoms with Crippen molar-refractivity contribution in [3.8, 4) is 11.8 Å². The Morgan fingerprint density at radius 3 is 2.65 bits per heavy atom. The lowest BCUT2D eigenvalue weighted by Gasteiger charge is -2.05. The Labute approximate surface area is 177 Å². The van der Waals surface area contributed by atoms with E-state index in [9.17, 15) is 15.2 Å². The first-order valence-corrected chi connectivity index (χ1v) is 9.35. The number of carbonyl (C=O) groups is 1. The van der Waals surface area contributed by atoms with Crippen molar-refractivity contribution in [1.82, 2.24) is 9.97 Å². The van der Waals surface area contributed by atoms with Crippen LogP contribution in [-0.4, -0.2) is 27.7 Å². The first kappa shape index (κ1) is 19.8. The molecule has 0 aliphatic rings. The molecule has 4 aromatic rings. The SMILES string of the molecule is N#C/C(=C(/O)COC(=O)c1ccc(COc2ccccc2)o1)c1nc2ccccc2[nH]1. The van der Waals surface area contributed by atoms with Gasteiger partial charge in [-0.2, -0.15) is 5.26 Å². The number of nitriles is 1. The van der Waals surface area contributed by atoms with E-state index in [1.165, 1.54) is 6.07 Å². The number of aromatic amines is 1. The first-order valence-electron chi connectivity index (χ1n) is 9.35. The van der Waals surface area contributed by atoms with Gasteiger partial charge < -0.3 is 24.0 Å². The first-order chi connectivity index (χ1) is 15.1. The van der Waals surface area contributed by atoms with E-state index in [4.69, 9.17) is 13.9 Å². The van der Waals surface area contributed by atoms with E-state index in [2.05, 4.69) is 9.97 Å². The average molecular weight is 415 g/mol. The number of H-pyrrole nitrogens is 1. The lowest BCUT2D eigenvalue weighted by Crippen LogP contribution is -2.08.